The van der Waals surface area contributed by atoms with E-state index in [0.29, 0.717) is 0 Å². The summed E-state index contributed by atoms with van der Waals surface area (Å²) in [6, 6.07) is 118. The maximum absolute atomic E-state index is 3.08. The molecular formula is C74H53NSi2. The molecule has 0 N–H and O–H groups in total. The van der Waals surface area contributed by atoms with Crippen LogP contribution in [0.15, 0.2) is 309 Å². The van der Waals surface area contributed by atoms with Crippen LogP contribution in [0.25, 0.3) is 38.6 Å². The molecule has 3 aliphatic rings. The second-order valence-corrected chi connectivity index (χ2v) is 28.5. The lowest BCUT2D eigenvalue weighted by Crippen LogP contribution is -2.75. The summed E-state index contributed by atoms with van der Waals surface area (Å²) >= 11 is 0. The van der Waals surface area contributed by atoms with Crippen molar-refractivity contribution in [3.8, 4) is 16.8 Å². The number of benzene rings is 12. The number of nitrogens with zero attached hydrogens (tertiary/aromatic N) is 1. The lowest BCUT2D eigenvalue weighted by Gasteiger charge is -2.47. The van der Waals surface area contributed by atoms with Gasteiger partial charge in [0.1, 0.15) is 0 Å². The fourth-order valence-electron chi connectivity index (χ4n) is 14.2. The maximum atomic E-state index is 2.65. The molecule has 16 rings (SSSR count). The van der Waals surface area contributed by atoms with Crippen LogP contribution in [0.2, 0.25) is 0 Å². The summed E-state index contributed by atoms with van der Waals surface area (Å²) in [4.78, 5) is 0. The highest BCUT2D eigenvalue weighted by Gasteiger charge is 2.50. The molecule has 2 bridgehead atoms. The Balaban J connectivity index is 1.02. The van der Waals surface area contributed by atoms with Gasteiger partial charge < -0.3 is 4.57 Å². The minimum absolute atomic E-state index is 0.0395. The van der Waals surface area contributed by atoms with E-state index in [2.05, 4.69) is 314 Å². The molecule has 362 valence electrons. The molecule has 0 aliphatic heterocycles. The van der Waals surface area contributed by atoms with E-state index in [-0.39, 0.29) is 11.8 Å². The maximum Gasteiger partial charge on any atom is 0.179 e. The van der Waals surface area contributed by atoms with Crippen LogP contribution in [0.1, 0.15) is 45.2 Å². The Kier molecular flexibility index (Phi) is 10.8. The van der Waals surface area contributed by atoms with Gasteiger partial charge in [-0.1, -0.05) is 291 Å². The minimum Gasteiger partial charge on any atom is -0.309 e. The summed E-state index contributed by atoms with van der Waals surface area (Å²) in [6.07, 6.45) is 0. The molecule has 77 heavy (non-hydrogen) atoms. The van der Waals surface area contributed by atoms with E-state index < -0.39 is 16.1 Å². The Hall–Kier alpha value is -9.13. The molecule has 1 aromatic heterocycles. The molecule has 0 saturated carbocycles. The van der Waals surface area contributed by atoms with Crippen molar-refractivity contribution in [2.75, 3.05) is 0 Å². The van der Waals surface area contributed by atoms with E-state index in [1.807, 2.05) is 0 Å². The molecule has 0 fully saturated rings. The van der Waals surface area contributed by atoms with Crippen LogP contribution in [-0.2, 0) is 0 Å². The number of aromatic nitrogens is 1. The van der Waals surface area contributed by atoms with Crippen molar-refractivity contribution in [1.29, 1.82) is 0 Å². The van der Waals surface area contributed by atoms with Gasteiger partial charge in [0.25, 0.3) is 0 Å². The number of rotatable bonds is 10. The molecule has 0 saturated heterocycles. The molecular weight excluding hydrogens is 959 g/mol. The SMILES string of the molecule is c1ccc(-c2ccc([Si](c3ccccc3)(c3ccccc3)c3cccc4c3C3c5ccccc5C4c4cccc(-n5c6ccccc6c6ccc([Si](c7ccccc7)(c7ccccc7)c7ccccc7)cc65)c43)cc2)cc1. The van der Waals surface area contributed by atoms with Gasteiger partial charge in [-0.15, -0.1) is 0 Å². The van der Waals surface area contributed by atoms with Gasteiger partial charge >= 0.3 is 0 Å². The van der Waals surface area contributed by atoms with Crippen LogP contribution in [0.3, 0.4) is 0 Å². The highest BCUT2D eigenvalue weighted by atomic mass is 28.3. The van der Waals surface area contributed by atoms with Crippen LogP contribution >= 0.6 is 0 Å². The smallest absolute Gasteiger partial charge is 0.179 e. The van der Waals surface area contributed by atoms with Gasteiger partial charge in [-0.3, -0.25) is 0 Å². The number of para-hydroxylation sites is 1. The molecule has 13 aromatic rings. The van der Waals surface area contributed by atoms with E-state index in [9.17, 15) is 0 Å². The highest BCUT2D eigenvalue weighted by molar-refractivity contribution is 7.20. The Morgan fingerprint density at radius 2 is 0.649 bits per heavy atom. The van der Waals surface area contributed by atoms with E-state index >= 15 is 0 Å². The summed E-state index contributed by atoms with van der Waals surface area (Å²) in [5.74, 6) is 0.0139. The molecule has 3 aliphatic carbocycles. The van der Waals surface area contributed by atoms with Crippen LogP contribution in [-0.4, -0.2) is 20.7 Å². The molecule has 1 nitrogen and oxygen atoms in total. The molecule has 0 radical (unpaired) electrons. The van der Waals surface area contributed by atoms with Crippen LogP contribution < -0.4 is 41.5 Å². The van der Waals surface area contributed by atoms with Gasteiger partial charge in [-0.2, -0.15) is 0 Å². The quantitative estimate of drug-likeness (QED) is 0.0950. The first-order valence-electron chi connectivity index (χ1n) is 27.1. The van der Waals surface area contributed by atoms with E-state index in [0.717, 1.165) is 0 Å². The Labute approximate surface area is 452 Å². The van der Waals surface area contributed by atoms with Crippen LogP contribution in [0.4, 0.5) is 0 Å². The summed E-state index contributed by atoms with van der Waals surface area (Å²) in [6.45, 7) is 0. The van der Waals surface area contributed by atoms with Gasteiger partial charge in [0, 0.05) is 22.6 Å². The molecule has 12 aromatic carbocycles. The third kappa shape index (κ3) is 6.77. The van der Waals surface area contributed by atoms with Crippen molar-refractivity contribution < 1.29 is 0 Å². The summed E-state index contributed by atoms with van der Waals surface area (Å²) < 4.78 is 2.65. The van der Waals surface area contributed by atoms with Crippen LogP contribution in [0.5, 0.6) is 0 Å². The van der Waals surface area contributed by atoms with Crippen LogP contribution in [0, 0.1) is 0 Å². The van der Waals surface area contributed by atoms with Crippen molar-refractivity contribution in [3.05, 3.63) is 343 Å². The third-order valence-electron chi connectivity index (χ3n) is 17.3. The summed E-state index contributed by atoms with van der Waals surface area (Å²) in [5.41, 5.74) is 14.7. The minimum atomic E-state index is -3.08. The van der Waals surface area contributed by atoms with Crippen molar-refractivity contribution in [2.45, 2.75) is 11.8 Å². The molecule has 0 spiro atoms. The molecule has 2 atom stereocenters. The zero-order chi connectivity index (χ0) is 50.9. The monoisotopic (exact) mass is 1010 g/mol. The van der Waals surface area contributed by atoms with Gasteiger partial charge in [0.15, 0.2) is 16.1 Å². The predicted octanol–water partition coefficient (Wildman–Crippen LogP) is 12.2. The fourth-order valence-corrected chi connectivity index (χ4v) is 24.0. The average Bonchev–Trinajstić information content (AvgIpc) is 3.96. The van der Waals surface area contributed by atoms with E-state index in [1.165, 1.54) is 113 Å². The van der Waals surface area contributed by atoms with Gasteiger partial charge in [-0.05, 0) is 104 Å². The van der Waals surface area contributed by atoms with Gasteiger partial charge in [0.05, 0.1) is 16.7 Å². The van der Waals surface area contributed by atoms with E-state index in [4.69, 9.17) is 0 Å². The van der Waals surface area contributed by atoms with Crippen molar-refractivity contribution in [1.82, 2.24) is 4.57 Å². The second-order valence-electron chi connectivity index (χ2n) is 20.9. The Morgan fingerprint density at radius 1 is 0.247 bits per heavy atom. The largest absolute Gasteiger partial charge is 0.309 e. The molecule has 1 heterocycles. The lowest BCUT2D eigenvalue weighted by atomic mass is 9.60. The van der Waals surface area contributed by atoms with Crippen molar-refractivity contribution in [2.24, 2.45) is 0 Å². The molecule has 3 heteroatoms. The zero-order valence-electron chi connectivity index (χ0n) is 42.5. The van der Waals surface area contributed by atoms with E-state index in [1.54, 1.807) is 0 Å². The summed E-state index contributed by atoms with van der Waals surface area (Å²) in [5, 5.41) is 13.6. The highest BCUT2D eigenvalue weighted by Crippen LogP contribution is 2.57. The first-order chi connectivity index (χ1) is 38.2. The topological polar surface area (TPSA) is 4.93 Å². The van der Waals surface area contributed by atoms with Crippen molar-refractivity contribution in [3.63, 3.8) is 0 Å². The first-order valence-corrected chi connectivity index (χ1v) is 31.1. The average molecular weight is 1010 g/mol. The zero-order valence-corrected chi connectivity index (χ0v) is 44.5. The Morgan fingerprint density at radius 3 is 1.22 bits per heavy atom. The fraction of sp³-hybridized carbons (Fsp3) is 0.0270. The second kappa shape index (κ2) is 18.3. The predicted molar refractivity (Wildman–Crippen MR) is 328 cm³/mol. The first kappa shape index (κ1) is 45.3. The van der Waals surface area contributed by atoms with Gasteiger partial charge in [0.2, 0.25) is 0 Å². The normalized spacial score (nSPS) is 14.5. The van der Waals surface area contributed by atoms with Crippen molar-refractivity contribution >= 4 is 79.4 Å². The Bertz CT molecular complexity index is 4170. The number of hydrogen-bond donors (Lipinski definition) is 0. The third-order valence-corrected chi connectivity index (χ3v) is 26.9. The molecule has 0 amide bonds. The lowest BCUT2D eigenvalue weighted by molar-refractivity contribution is 0.752. The number of fused-ring (bicyclic) bond motifs is 3. The summed E-state index contributed by atoms with van der Waals surface area (Å²) in [7, 11) is -5.97. The number of hydrogen-bond acceptors (Lipinski definition) is 0. The van der Waals surface area contributed by atoms with Gasteiger partial charge in [-0.25, -0.2) is 0 Å². The molecule has 2 unspecified atom stereocenters. The standard InChI is InChI=1S/C74H53NSi2/c1-7-25-52(26-8-1)53-45-47-59(48-46-53)77(57-33-15-5-16-34-57,58-35-17-6-18-36-58)70-44-24-41-66-71-63-38-19-20-39-64(63)74(73(66)70)72-65(71)40-23-43-68(72)75-67-42-22-21-37-61(67)62-50-49-60(51-69(62)75)76(54-27-9-2-10-28-54,55-29-11-3-12-30-55)56-31-13-4-14-32-56/h1-51,71,74H.